The van der Waals surface area contributed by atoms with Gasteiger partial charge in [0.15, 0.2) is 5.92 Å². The van der Waals surface area contributed by atoms with Crippen LogP contribution in [0.4, 0.5) is 13.2 Å². The first kappa shape index (κ1) is 12.5. The molecule has 0 saturated carbocycles. The summed E-state index contributed by atoms with van der Waals surface area (Å²) in [5, 5.41) is 10.3. The predicted molar refractivity (Wildman–Crippen MR) is 59.1 cm³/mol. The molecule has 0 bridgehead atoms. The zero-order valence-electron chi connectivity index (χ0n) is 8.73. The number of amides is 1. The van der Waals surface area contributed by atoms with Crippen LogP contribution in [0, 0.1) is 17.2 Å². The van der Waals surface area contributed by atoms with Crippen LogP contribution in [0.5, 0.6) is 0 Å². The smallest absolute Gasteiger partial charge is 0.271 e. The second-order valence-corrected chi connectivity index (χ2v) is 4.42. The van der Waals surface area contributed by atoms with Gasteiger partial charge in [-0.2, -0.15) is 18.4 Å². The molecule has 1 aliphatic heterocycles. The average molecular weight is 270 g/mol. The quantitative estimate of drug-likeness (QED) is 0.787. The number of alkyl halides is 3. The Hall–Kier alpha value is -1.94. The lowest BCUT2D eigenvalue weighted by atomic mass is 9.94. The lowest BCUT2D eigenvalue weighted by Crippen LogP contribution is -2.29. The van der Waals surface area contributed by atoms with Gasteiger partial charge >= 0.3 is 6.18 Å². The van der Waals surface area contributed by atoms with Crippen molar-refractivity contribution in [2.75, 3.05) is 0 Å². The molecule has 1 unspecified atom stereocenters. The van der Waals surface area contributed by atoms with Crippen molar-refractivity contribution in [3.63, 3.8) is 0 Å². The normalized spacial score (nSPS) is 20.1. The van der Waals surface area contributed by atoms with E-state index in [4.69, 9.17) is 5.26 Å². The second-order valence-electron chi connectivity index (χ2n) is 3.47. The fraction of sp³-hybridized carbons (Fsp3) is 0.182. The highest BCUT2D eigenvalue weighted by atomic mass is 32.1. The van der Waals surface area contributed by atoms with Gasteiger partial charge in [-0.1, -0.05) is 6.07 Å². The number of hydrogen-bond donors (Lipinski definition) is 0. The molecular formula is C11H5F3N2OS. The number of halogens is 3. The van der Waals surface area contributed by atoms with E-state index in [0.717, 1.165) is 6.08 Å². The molecule has 92 valence electrons. The Kier molecular flexibility index (Phi) is 3.05. The van der Waals surface area contributed by atoms with Gasteiger partial charge in [-0.25, -0.2) is 4.99 Å². The first-order valence-corrected chi connectivity index (χ1v) is 5.66. The molecule has 18 heavy (non-hydrogen) atoms. The molecule has 7 heteroatoms. The summed E-state index contributed by atoms with van der Waals surface area (Å²) in [7, 11) is 0. The van der Waals surface area contributed by atoms with Crippen LogP contribution in [0.1, 0.15) is 4.88 Å². The first-order valence-electron chi connectivity index (χ1n) is 4.78. The number of dihydropyridines is 1. The van der Waals surface area contributed by atoms with Crippen molar-refractivity contribution < 1.29 is 18.0 Å². The predicted octanol–water partition coefficient (Wildman–Crippen LogP) is 2.71. The number of nitriles is 1. The molecule has 1 amide bonds. The van der Waals surface area contributed by atoms with Crippen LogP contribution >= 0.6 is 11.3 Å². The maximum absolute atomic E-state index is 12.7. The number of aliphatic imine (C=N–C) groups is 1. The maximum atomic E-state index is 12.7. The van der Waals surface area contributed by atoms with Crippen molar-refractivity contribution in [1.29, 1.82) is 5.26 Å². The summed E-state index contributed by atoms with van der Waals surface area (Å²) < 4.78 is 38.2. The Morgan fingerprint density at radius 1 is 1.44 bits per heavy atom. The van der Waals surface area contributed by atoms with Gasteiger partial charge in [-0.3, -0.25) is 4.79 Å². The Bertz CT molecular complexity index is 578. The van der Waals surface area contributed by atoms with Gasteiger partial charge in [-0.05, 0) is 17.5 Å². The topological polar surface area (TPSA) is 53.2 Å². The van der Waals surface area contributed by atoms with E-state index in [-0.39, 0.29) is 5.71 Å². The van der Waals surface area contributed by atoms with Crippen molar-refractivity contribution >= 4 is 23.0 Å². The molecule has 0 aromatic carbocycles. The van der Waals surface area contributed by atoms with Gasteiger partial charge < -0.3 is 0 Å². The van der Waals surface area contributed by atoms with Gasteiger partial charge in [0, 0.05) is 0 Å². The fourth-order valence-electron chi connectivity index (χ4n) is 1.50. The standard InChI is InChI=1S/C11H5F3N2OS/c12-11(13,14)7-4-8(9-2-1-3-18-9)16-10(17)6(7)5-15/h1-4,6H. The highest BCUT2D eigenvalue weighted by Crippen LogP contribution is 2.34. The summed E-state index contributed by atoms with van der Waals surface area (Å²) >= 11 is 1.18. The van der Waals surface area contributed by atoms with Crippen LogP contribution in [0.2, 0.25) is 0 Å². The van der Waals surface area contributed by atoms with Crippen LogP contribution in [0.25, 0.3) is 0 Å². The van der Waals surface area contributed by atoms with Gasteiger partial charge in [0.1, 0.15) is 0 Å². The van der Waals surface area contributed by atoms with Crippen molar-refractivity contribution in [2.24, 2.45) is 10.9 Å². The molecular weight excluding hydrogens is 265 g/mol. The number of rotatable bonds is 1. The Balaban J connectivity index is 2.51. The zero-order chi connectivity index (χ0) is 13.3. The minimum absolute atomic E-state index is 0.0474. The van der Waals surface area contributed by atoms with E-state index < -0.39 is 23.6 Å². The number of carbonyl (C=O) groups excluding carboxylic acids is 1. The summed E-state index contributed by atoms with van der Waals surface area (Å²) in [5.41, 5.74) is -1.21. The summed E-state index contributed by atoms with van der Waals surface area (Å²) in [6.07, 6.45) is -3.95. The van der Waals surface area contributed by atoms with Crippen molar-refractivity contribution in [2.45, 2.75) is 6.18 Å². The van der Waals surface area contributed by atoms with E-state index in [2.05, 4.69) is 4.99 Å². The summed E-state index contributed by atoms with van der Waals surface area (Å²) in [4.78, 5) is 15.4. The molecule has 0 saturated heterocycles. The maximum Gasteiger partial charge on any atom is 0.414 e. The minimum atomic E-state index is -4.71. The van der Waals surface area contributed by atoms with E-state index in [9.17, 15) is 18.0 Å². The zero-order valence-corrected chi connectivity index (χ0v) is 9.55. The van der Waals surface area contributed by atoms with Gasteiger partial charge in [0.25, 0.3) is 5.91 Å². The lowest BCUT2D eigenvalue weighted by Gasteiger charge is -2.18. The molecule has 0 fully saturated rings. The number of hydrogen-bond acceptors (Lipinski definition) is 3. The molecule has 0 N–H and O–H groups in total. The Labute approximate surface area is 104 Å². The Morgan fingerprint density at radius 2 is 2.17 bits per heavy atom. The van der Waals surface area contributed by atoms with Gasteiger partial charge in [0.2, 0.25) is 0 Å². The molecule has 1 aromatic rings. The first-order chi connectivity index (χ1) is 8.43. The molecule has 1 aromatic heterocycles. The van der Waals surface area contributed by atoms with Crippen molar-refractivity contribution in [3.8, 4) is 6.07 Å². The summed E-state index contributed by atoms with van der Waals surface area (Å²) in [6.45, 7) is 0. The molecule has 3 nitrogen and oxygen atoms in total. The van der Waals surface area contributed by atoms with Crippen LogP contribution in [0.15, 0.2) is 34.2 Å². The third kappa shape index (κ3) is 2.19. The number of carbonyl (C=O) groups is 1. The van der Waals surface area contributed by atoms with Gasteiger partial charge in [0.05, 0.1) is 22.2 Å². The minimum Gasteiger partial charge on any atom is -0.271 e. The van der Waals surface area contributed by atoms with Crippen LogP contribution in [-0.2, 0) is 4.79 Å². The van der Waals surface area contributed by atoms with Crippen LogP contribution < -0.4 is 0 Å². The van der Waals surface area contributed by atoms with Crippen LogP contribution in [-0.4, -0.2) is 17.8 Å². The van der Waals surface area contributed by atoms with Gasteiger partial charge in [-0.15, -0.1) is 11.3 Å². The third-order valence-electron chi connectivity index (χ3n) is 2.31. The molecule has 2 heterocycles. The average Bonchev–Trinajstić information content (AvgIpc) is 2.80. The van der Waals surface area contributed by atoms with Crippen molar-refractivity contribution in [1.82, 2.24) is 0 Å². The summed E-state index contributed by atoms with van der Waals surface area (Å²) in [5.74, 6) is -2.94. The number of nitrogens with zero attached hydrogens (tertiary/aromatic N) is 2. The van der Waals surface area contributed by atoms with E-state index in [0.29, 0.717) is 4.88 Å². The molecule has 0 aliphatic carbocycles. The molecule has 0 radical (unpaired) electrons. The van der Waals surface area contributed by atoms with E-state index in [1.54, 1.807) is 17.5 Å². The van der Waals surface area contributed by atoms with E-state index in [1.807, 2.05) is 0 Å². The Morgan fingerprint density at radius 3 is 2.67 bits per heavy atom. The van der Waals surface area contributed by atoms with Crippen LogP contribution in [0.3, 0.4) is 0 Å². The SMILES string of the molecule is N#CC1C(=O)N=C(c2cccs2)C=C1C(F)(F)F. The molecule has 1 aliphatic rings. The second kappa shape index (κ2) is 4.38. The highest BCUT2D eigenvalue weighted by molar-refractivity contribution is 7.12. The highest BCUT2D eigenvalue weighted by Gasteiger charge is 2.44. The number of allylic oxidation sites excluding steroid dienone is 1. The molecule has 2 rings (SSSR count). The monoisotopic (exact) mass is 270 g/mol. The molecule has 0 spiro atoms. The lowest BCUT2D eigenvalue weighted by molar-refractivity contribution is -0.125. The largest absolute Gasteiger partial charge is 0.414 e. The summed E-state index contributed by atoms with van der Waals surface area (Å²) in [6, 6.07) is 4.54. The van der Waals surface area contributed by atoms with E-state index >= 15 is 0 Å². The number of thiophene rings is 1. The fourth-order valence-corrected chi connectivity index (χ4v) is 2.19. The third-order valence-corrected chi connectivity index (χ3v) is 3.20. The van der Waals surface area contributed by atoms with E-state index in [1.165, 1.54) is 17.4 Å². The molecule has 1 atom stereocenters. The van der Waals surface area contributed by atoms with Crippen molar-refractivity contribution in [3.05, 3.63) is 34.0 Å².